The third-order valence-electron chi connectivity index (χ3n) is 6.62. The van der Waals surface area contributed by atoms with Gasteiger partial charge < -0.3 is 9.47 Å². The molecule has 0 atom stereocenters. The van der Waals surface area contributed by atoms with E-state index in [2.05, 4.69) is 34.8 Å². The lowest BCUT2D eigenvalue weighted by Gasteiger charge is -2.25. The number of benzene rings is 5. The number of rotatable bonds is 12. The predicted octanol–water partition coefficient (Wildman–Crippen LogP) is 6.82. The van der Waals surface area contributed by atoms with Crippen LogP contribution >= 0.6 is 11.6 Å². The summed E-state index contributed by atoms with van der Waals surface area (Å²) in [6.07, 6.45) is 1.47. The van der Waals surface area contributed by atoms with Crippen LogP contribution in [0.3, 0.4) is 0 Å². The van der Waals surface area contributed by atoms with Crippen molar-refractivity contribution in [3.05, 3.63) is 131 Å². The molecule has 8 nitrogen and oxygen atoms in total. The predicted molar refractivity (Wildman–Crippen MR) is 174 cm³/mol. The number of carbonyl (C=O) groups excluding carboxylic acids is 1. The molecular formula is C34H30ClN3O5S. The fourth-order valence-electron chi connectivity index (χ4n) is 4.46. The Labute approximate surface area is 261 Å². The van der Waals surface area contributed by atoms with Crippen molar-refractivity contribution in [3.8, 4) is 11.5 Å². The summed E-state index contributed by atoms with van der Waals surface area (Å²) in [6.45, 7) is 2.00. The zero-order valence-electron chi connectivity index (χ0n) is 23.9. The Kier molecular flexibility index (Phi) is 9.79. The van der Waals surface area contributed by atoms with Gasteiger partial charge in [0.25, 0.3) is 15.9 Å². The van der Waals surface area contributed by atoms with Crippen LogP contribution in [0.4, 0.5) is 5.69 Å². The molecule has 0 aliphatic carbocycles. The maximum Gasteiger partial charge on any atom is 0.264 e. The Bertz CT molecular complexity index is 1880. The molecule has 0 bridgehead atoms. The monoisotopic (exact) mass is 627 g/mol. The number of nitrogens with one attached hydrogen (secondary N) is 1. The van der Waals surface area contributed by atoms with Gasteiger partial charge >= 0.3 is 0 Å². The summed E-state index contributed by atoms with van der Waals surface area (Å²) < 4.78 is 39.9. The second-order valence-electron chi connectivity index (χ2n) is 9.70. The summed E-state index contributed by atoms with van der Waals surface area (Å²) >= 11 is 5.97. The molecule has 1 amide bonds. The summed E-state index contributed by atoms with van der Waals surface area (Å²) in [5.41, 5.74) is 4.43. The second kappa shape index (κ2) is 14.1. The van der Waals surface area contributed by atoms with E-state index in [0.717, 1.165) is 20.8 Å². The quantitative estimate of drug-likeness (QED) is 0.121. The largest absolute Gasteiger partial charge is 0.492 e. The molecule has 0 heterocycles. The molecule has 5 aromatic rings. The van der Waals surface area contributed by atoms with E-state index in [4.69, 9.17) is 21.1 Å². The number of hydrogen-bond donors (Lipinski definition) is 1. The number of fused-ring (bicyclic) bond motifs is 1. The van der Waals surface area contributed by atoms with Gasteiger partial charge in [-0.05, 0) is 95.6 Å². The van der Waals surface area contributed by atoms with Gasteiger partial charge in [0.1, 0.15) is 24.7 Å². The van der Waals surface area contributed by atoms with E-state index in [1.165, 1.54) is 35.9 Å². The highest BCUT2D eigenvalue weighted by atomic mass is 35.5. The van der Waals surface area contributed by atoms with E-state index in [1.807, 2.05) is 30.3 Å². The van der Waals surface area contributed by atoms with Gasteiger partial charge in [-0.1, -0.05) is 60.1 Å². The summed E-state index contributed by atoms with van der Waals surface area (Å²) in [5.74, 6) is 0.377. The molecule has 0 fully saturated rings. The van der Waals surface area contributed by atoms with Gasteiger partial charge in [0.15, 0.2) is 0 Å². The minimum atomic E-state index is -4.16. The maximum absolute atomic E-state index is 13.7. The average Bonchev–Trinajstić information content (AvgIpc) is 3.04. The van der Waals surface area contributed by atoms with E-state index in [1.54, 1.807) is 43.3 Å². The molecule has 224 valence electrons. The molecule has 1 N–H and O–H groups in total. The Morgan fingerprint density at radius 2 is 1.57 bits per heavy atom. The van der Waals surface area contributed by atoms with Crippen LogP contribution < -0.4 is 19.2 Å². The summed E-state index contributed by atoms with van der Waals surface area (Å²) in [7, 11) is -4.16. The van der Waals surface area contributed by atoms with Crippen LogP contribution in [-0.4, -0.2) is 33.7 Å². The van der Waals surface area contributed by atoms with Gasteiger partial charge in [-0.2, -0.15) is 5.10 Å². The molecule has 0 unspecified atom stereocenters. The smallest absolute Gasteiger partial charge is 0.264 e. The lowest BCUT2D eigenvalue weighted by molar-refractivity contribution is -0.119. The van der Waals surface area contributed by atoms with Crippen molar-refractivity contribution >= 4 is 50.2 Å². The molecule has 0 radical (unpaired) electrons. The highest BCUT2D eigenvalue weighted by molar-refractivity contribution is 7.92. The lowest BCUT2D eigenvalue weighted by atomic mass is 10.1. The normalized spacial score (nSPS) is 11.4. The van der Waals surface area contributed by atoms with Gasteiger partial charge in [-0.15, -0.1) is 0 Å². The van der Waals surface area contributed by atoms with Crippen LogP contribution in [0.1, 0.15) is 18.1 Å². The van der Waals surface area contributed by atoms with Crippen molar-refractivity contribution in [2.24, 2.45) is 5.10 Å². The van der Waals surface area contributed by atoms with E-state index < -0.39 is 22.5 Å². The van der Waals surface area contributed by atoms with Crippen molar-refractivity contribution in [2.45, 2.75) is 18.4 Å². The van der Waals surface area contributed by atoms with Crippen LogP contribution in [0.15, 0.2) is 125 Å². The summed E-state index contributed by atoms with van der Waals surface area (Å²) in [4.78, 5) is 12.9. The maximum atomic E-state index is 13.7. The van der Waals surface area contributed by atoms with Crippen LogP contribution in [0.25, 0.3) is 10.8 Å². The van der Waals surface area contributed by atoms with Crippen molar-refractivity contribution in [1.82, 2.24) is 5.43 Å². The molecule has 5 aromatic carbocycles. The first kappa shape index (κ1) is 30.6. The Balaban J connectivity index is 1.24. The van der Waals surface area contributed by atoms with E-state index in [0.29, 0.717) is 29.7 Å². The van der Waals surface area contributed by atoms with Crippen LogP contribution in [0.5, 0.6) is 11.5 Å². The van der Waals surface area contributed by atoms with E-state index in [9.17, 15) is 13.2 Å². The highest BCUT2D eigenvalue weighted by Gasteiger charge is 2.29. The lowest BCUT2D eigenvalue weighted by Crippen LogP contribution is -2.39. The number of amides is 1. The van der Waals surface area contributed by atoms with Crippen LogP contribution in [-0.2, 0) is 21.4 Å². The van der Waals surface area contributed by atoms with Crippen molar-refractivity contribution in [2.75, 3.05) is 17.5 Å². The van der Waals surface area contributed by atoms with E-state index in [-0.39, 0.29) is 10.6 Å². The second-order valence-corrected chi connectivity index (χ2v) is 12.0. The fourth-order valence-corrected chi connectivity index (χ4v) is 6.02. The molecular weight excluding hydrogens is 598 g/mol. The number of hydrogen-bond acceptors (Lipinski definition) is 6. The molecule has 44 heavy (non-hydrogen) atoms. The minimum Gasteiger partial charge on any atom is -0.492 e. The first-order valence-corrected chi connectivity index (χ1v) is 15.7. The number of carbonyl (C=O) groups is 1. The molecule has 0 spiro atoms. The molecule has 0 saturated carbocycles. The molecule has 0 aromatic heterocycles. The van der Waals surface area contributed by atoms with Gasteiger partial charge in [0.05, 0.1) is 23.4 Å². The van der Waals surface area contributed by atoms with Gasteiger partial charge in [-0.25, -0.2) is 13.8 Å². The number of ether oxygens (including phenoxy) is 2. The molecule has 5 rings (SSSR count). The van der Waals surface area contributed by atoms with E-state index >= 15 is 0 Å². The highest BCUT2D eigenvalue weighted by Crippen LogP contribution is 2.32. The van der Waals surface area contributed by atoms with Crippen molar-refractivity contribution in [1.29, 1.82) is 0 Å². The number of sulfonamides is 1. The number of nitrogens with zero attached hydrogens (tertiary/aromatic N) is 2. The summed E-state index contributed by atoms with van der Waals surface area (Å²) in [6, 6.07) is 34.0. The SMILES string of the molecule is CCOc1ccccc1N(CC(=O)N/N=C\c1ccc(OCc2ccc3ccccc3c2)cc1)S(=O)(=O)c1ccc(Cl)cc1. The van der Waals surface area contributed by atoms with Crippen molar-refractivity contribution in [3.63, 3.8) is 0 Å². The first-order chi connectivity index (χ1) is 21.3. The van der Waals surface area contributed by atoms with Gasteiger partial charge in [-0.3, -0.25) is 9.10 Å². The Morgan fingerprint density at radius 3 is 2.32 bits per heavy atom. The van der Waals surface area contributed by atoms with Gasteiger partial charge in [0, 0.05) is 5.02 Å². The number of halogens is 1. The first-order valence-electron chi connectivity index (χ1n) is 13.9. The zero-order chi connectivity index (χ0) is 30.9. The topological polar surface area (TPSA) is 97.3 Å². The Hall–Kier alpha value is -4.86. The zero-order valence-corrected chi connectivity index (χ0v) is 25.5. The fraction of sp³-hybridized carbons (Fsp3) is 0.118. The molecule has 10 heteroatoms. The molecule has 0 aliphatic rings. The van der Waals surface area contributed by atoms with Crippen LogP contribution in [0.2, 0.25) is 5.02 Å². The molecule has 0 aliphatic heterocycles. The standard InChI is InChI=1S/C34H30ClN3O5S/c1-2-42-33-10-6-5-9-32(33)38(44(40,41)31-19-15-29(35)16-20-31)23-34(39)37-36-22-25-12-17-30(18-13-25)43-24-26-11-14-27-7-3-4-8-28(27)21-26/h3-22H,2,23-24H2,1H3,(H,37,39)/b36-22-. The summed E-state index contributed by atoms with van der Waals surface area (Å²) in [5, 5.41) is 6.76. The Morgan fingerprint density at radius 1 is 0.864 bits per heavy atom. The van der Waals surface area contributed by atoms with Crippen LogP contribution in [0, 0.1) is 0 Å². The molecule has 0 saturated heterocycles. The average molecular weight is 628 g/mol. The number of hydrazone groups is 1. The number of anilines is 1. The van der Waals surface area contributed by atoms with Gasteiger partial charge in [0.2, 0.25) is 0 Å². The minimum absolute atomic E-state index is 0.0209. The van der Waals surface area contributed by atoms with Crippen molar-refractivity contribution < 1.29 is 22.7 Å². The number of para-hydroxylation sites is 2. The third kappa shape index (κ3) is 7.55. The third-order valence-corrected chi connectivity index (χ3v) is 8.65.